The van der Waals surface area contributed by atoms with Crippen LogP contribution < -0.4 is 0 Å². The van der Waals surface area contributed by atoms with Crippen LogP contribution in [0.1, 0.15) is 87.4 Å². The predicted molar refractivity (Wildman–Crippen MR) is 194 cm³/mol. The zero-order valence-electron chi connectivity index (χ0n) is 30.9. The summed E-state index contributed by atoms with van der Waals surface area (Å²) in [6.45, 7) is 2.26. The molecule has 3 heterocycles. The summed E-state index contributed by atoms with van der Waals surface area (Å²) in [5.41, 5.74) is -7.65. The molecule has 11 atom stereocenters. The lowest BCUT2D eigenvalue weighted by atomic mass is 9.63. The second-order valence-electron chi connectivity index (χ2n) is 15.1. The third-order valence-corrected chi connectivity index (χ3v) is 13.8. The topological polar surface area (TPSA) is 301 Å². The van der Waals surface area contributed by atoms with Gasteiger partial charge in [0, 0.05) is 11.1 Å². The number of aliphatic hydroxyl groups is 4. The Morgan fingerprint density at radius 1 is 0.793 bits per heavy atom. The monoisotopic (exact) mass is 828 g/mol. The summed E-state index contributed by atoms with van der Waals surface area (Å²) >= 11 is 0.341. The second kappa shape index (κ2) is 14.5. The van der Waals surface area contributed by atoms with E-state index in [1.807, 2.05) is 0 Å². The maximum absolute atomic E-state index is 15.2. The fourth-order valence-electron chi connectivity index (χ4n) is 9.03. The molecule has 2 aliphatic carbocycles. The van der Waals surface area contributed by atoms with E-state index in [1.165, 1.54) is 38.1 Å². The number of rotatable bonds is 10. The van der Waals surface area contributed by atoms with E-state index in [0.29, 0.717) is 11.8 Å². The molecule has 0 unspecified atom stereocenters. The largest absolute Gasteiger partial charge is 0.507 e. The lowest BCUT2D eigenvalue weighted by Crippen LogP contribution is -2.79. The minimum Gasteiger partial charge on any atom is -0.507 e. The van der Waals surface area contributed by atoms with E-state index in [1.54, 1.807) is 0 Å². The van der Waals surface area contributed by atoms with Gasteiger partial charge in [0.1, 0.15) is 33.2 Å². The standard InChI is InChI=1S/C39H40O18S/c1-16-38(52)32(48)27-20(7-3-9-22(27)40)30(46)36(38,14-18(55-16)6-5-11-54-35-29(45)24(42)13-25(57-35)34(50)51)58-37-15-19(12-26(43)44)56-17(2)39(37,53)33(49)28-21(31(37)47)8-4-10-23(28)41/h3-4,7-10,13,16-19,24,29,35,40-42,45,52-53H,5-6,11-12,14-15H2,1-2H3,(H,43,44)(H,50,51)/t16-,17-,18-,19-,24+,29-,35-,36+,37+,38+,39+/m0/s1. The van der Waals surface area contributed by atoms with Crippen LogP contribution >= 0.6 is 11.8 Å². The van der Waals surface area contributed by atoms with Gasteiger partial charge < -0.3 is 59.8 Å². The molecule has 19 heteroatoms. The van der Waals surface area contributed by atoms with Gasteiger partial charge in [-0.2, -0.15) is 0 Å². The van der Waals surface area contributed by atoms with Crippen molar-refractivity contribution in [2.45, 2.75) is 110 Å². The number of carbonyl (C=O) groups excluding carboxylic acids is 4. The molecular weight excluding hydrogens is 788 g/mol. The molecule has 0 radical (unpaired) electrons. The Kier molecular flexibility index (Phi) is 10.4. The van der Waals surface area contributed by atoms with Crippen molar-refractivity contribution < 1.29 is 88.6 Å². The molecule has 7 rings (SSSR count). The molecule has 0 aromatic heterocycles. The van der Waals surface area contributed by atoms with Gasteiger partial charge in [0.15, 0.2) is 22.8 Å². The van der Waals surface area contributed by atoms with Crippen LogP contribution in [0.25, 0.3) is 0 Å². The molecule has 0 spiro atoms. The first kappa shape index (κ1) is 41.4. The third-order valence-electron chi connectivity index (χ3n) is 11.8. The fourth-order valence-corrected chi connectivity index (χ4v) is 11.4. The van der Waals surface area contributed by atoms with Crippen LogP contribution in [0.5, 0.6) is 11.5 Å². The van der Waals surface area contributed by atoms with E-state index in [9.17, 15) is 60.0 Å². The molecule has 0 saturated carbocycles. The van der Waals surface area contributed by atoms with Crippen LogP contribution in [0.3, 0.4) is 0 Å². The van der Waals surface area contributed by atoms with Gasteiger partial charge in [-0.25, -0.2) is 4.79 Å². The third kappa shape index (κ3) is 5.89. The highest BCUT2D eigenvalue weighted by molar-refractivity contribution is 8.03. The van der Waals surface area contributed by atoms with Crippen molar-refractivity contribution in [3.8, 4) is 11.5 Å². The number of ketones is 4. The first-order valence-corrected chi connectivity index (χ1v) is 19.2. The Morgan fingerprint density at radius 2 is 1.29 bits per heavy atom. The number of phenolic OH excluding ortho intramolecular Hbond substituents is 2. The number of ether oxygens (including phenoxy) is 4. The molecule has 2 aromatic carbocycles. The number of carboxylic acids is 2. The summed E-state index contributed by atoms with van der Waals surface area (Å²) in [6, 6.07) is 7.25. The number of fused-ring (bicyclic) bond motifs is 4. The van der Waals surface area contributed by atoms with Gasteiger partial charge in [-0.05, 0) is 57.7 Å². The highest BCUT2D eigenvalue weighted by Crippen LogP contribution is 2.64. The molecule has 5 aliphatic rings. The quantitative estimate of drug-likeness (QED) is 0.154. The summed E-state index contributed by atoms with van der Waals surface area (Å²) in [4.78, 5) is 83.0. The molecule has 0 bridgehead atoms. The second-order valence-corrected chi connectivity index (χ2v) is 16.7. The average molecular weight is 829 g/mol. The van der Waals surface area contributed by atoms with E-state index in [0.717, 1.165) is 18.2 Å². The molecule has 8 N–H and O–H groups in total. The summed E-state index contributed by atoms with van der Waals surface area (Å²) in [5, 5.41) is 86.8. The van der Waals surface area contributed by atoms with E-state index >= 15 is 9.59 Å². The first-order valence-electron chi connectivity index (χ1n) is 18.4. The Labute approximate surface area is 333 Å². The zero-order valence-corrected chi connectivity index (χ0v) is 31.7. The van der Waals surface area contributed by atoms with Crippen LogP contribution in [-0.2, 0) is 28.5 Å². The Bertz CT molecular complexity index is 2150. The lowest BCUT2D eigenvalue weighted by molar-refractivity contribution is -0.208. The number of hydrogen-bond acceptors (Lipinski definition) is 17. The summed E-state index contributed by atoms with van der Waals surface area (Å²) < 4.78 is 17.7. The molecule has 2 fully saturated rings. The van der Waals surface area contributed by atoms with Crippen LogP contribution in [0.4, 0.5) is 0 Å². The van der Waals surface area contributed by atoms with Gasteiger partial charge >= 0.3 is 11.9 Å². The number of Topliss-reactive ketones (excluding diaryl/α,β-unsaturated/α-hetero) is 4. The average Bonchev–Trinajstić information content (AvgIpc) is 3.16. The van der Waals surface area contributed by atoms with Gasteiger partial charge in [-0.15, -0.1) is 11.8 Å². The van der Waals surface area contributed by atoms with E-state index in [2.05, 4.69) is 0 Å². The van der Waals surface area contributed by atoms with Crippen molar-refractivity contribution in [2.75, 3.05) is 6.61 Å². The van der Waals surface area contributed by atoms with Gasteiger partial charge in [-0.3, -0.25) is 24.0 Å². The van der Waals surface area contributed by atoms with E-state index in [4.69, 9.17) is 18.9 Å². The minimum atomic E-state index is -2.94. The number of aromatic hydroxyl groups is 2. The molecule has 2 saturated heterocycles. The molecule has 18 nitrogen and oxygen atoms in total. The number of carboxylic acid groups (broad SMARTS) is 2. The Morgan fingerprint density at radius 3 is 1.79 bits per heavy atom. The Hall–Kier alpha value is -4.73. The van der Waals surface area contributed by atoms with Crippen molar-refractivity contribution in [3.05, 3.63) is 70.5 Å². The Balaban J connectivity index is 1.33. The van der Waals surface area contributed by atoms with Crippen LogP contribution in [0.2, 0.25) is 0 Å². The summed E-state index contributed by atoms with van der Waals surface area (Å²) in [5.74, 6) is -9.17. The van der Waals surface area contributed by atoms with Gasteiger partial charge in [-0.1, -0.05) is 24.3 Å². The number of aliphatic carboxylic acids is 2. The van der Waals surface area contributed by atoms with Crippen molar-refractivity contribution >= 4 is 46.8 Å². The smallest absolute Gasteiger partial charge is 0.371 e. The minimum absolute atomic E-state index is 0.0217. The fraction of sp³-hybridized carbons (Fsp3) is 0.487. The highest BCUT2D eigenvalue weighted by atomic mass is 32.2. The molecule has 0 amide bonds. The lowest BCUT2D eigenvalue weighted by Gasteiger charge is -2.61. The van der Waals surface area contributed by atoms with Gasteiger partial charge in [0.2, 0.25) is 23.6 Å². The number of phenols is 2. The predicted octanol–water partition coefficient (Wildman–Crippen LogP) is 0.902. The van der Waals surface area contributed by atoms with E-state index < -0.39 is 146 Å². The molecule has 310 valence electrons. The summed E-state index contributed by atoms with van der Waals surface area (Å²) in [6.07, 6.45) is -11.7. The first-order chi connectivity index (χ1) is 27.2. The van der Waals surface area contributed by atoms with Crippen molar-refractivity contribution in [1.29, 1.82) is 0 Å². The highest BCUT2D eigenvalue weighted by Gasteiger charge is 2.78. The number of thioether (sulfide) groups is 1. The molecule has 58 heavy (non-hydrogen) atoms. The zero-order chi connectivity index (χ0) is 42.3. The van der Waals surface area contributed by atoms with Crippen LogP contribution in [0.15, 0.2) is 48.2 Å². The van der Waals surface area contributed by atoms with Crippen molar-refractivity contribution in [2.24, 2.45) is 0 Å². The maximum Gasteiger partial charge on any atom is 0.371 e. The number of aliphatic hydroxyl groups excluding tert-OH is 2. The number of carbonyl (C=O) groups is 6. The SMILES string of the molecule is C[C@@H]1O[C@@H](CCCO[C@H]2OC(C(=O)O)=C[C@@H](O)[C@@H]2O)C[C@@]2(S[C@@]34C[C@H](CC(=O)O)O[C@@H](C)[C@@]3(O)C(=O)c3c(O)cccc3C4=O)C(=O)c3cccc(O)c3C(=O)[C@]12O. The van der Waals surface area contributed by atoms with Crippen LogP contribution in [-0.4, -0.2) is 146 Å². The van der Waals surface area contributed by atoms with Gasteiger partial charge in [0.05, 0.1) is 48.6 Å². The number of benzene rings is 2. The molecule has 2 aromatic rings. The van der Waals surface area contributed by atoms with Crippen molar-refractivity contribution in [3.63, 3.8) is 0 Å². The van der Waals surface area contributed by atoms with E-state index in [-0.39, 0.29) is 30.6 Å². The molecule has 3 aliphatic heterocycles. The molecular formula is C39H40O18S. The number of hydrogen-bond donors (Lipinski definition) is 8. The normalized spacial score (nSPS) is 36.8. The van der Waals surface area contributed by atoms with Crippen LogP contribution in [0, 0.1) is 0 Å². The summed E-state index contributed by atoms with van der Waals surface area (Å²) in [7, 11) is 0. The maximum atomic E-state index is 15.2. The van der Waals surface area contributed by atoms with Gasteiger partial charge in [0.25, 0.3) is 0 Å². The van der Waals surface area contributed by atoms with Crippen molar-refractivity contribution in [1.82, 2.24) is 0 Å².